The molecule has 2 N–H and O–H groups in total. The first-order valence-corrected chi connectivity index (χ1v) is 15.6. The number of carbonyl (C=O) groups is 3. The number of fused-ring (bicyclic) bond motifs is 3. The van der Waals surface area contributed by atoms with Gasteiger partial charge >= 0.3 is 5.97 Å². The number of ether oxygens (including phenoxy) is 3. The quantitative estimate of drug-likeness (QED) is 0.292. The Morgan fingerprint density at radius 3 is 2.41 bits per heavy atom. The molecule has 5 rings (SSSR count). The van der Waals surface area contributed by atoms with E-state index in [0.29, 0.717) is 25.0 Å². The molecule has 3 aromatic rings. The van der Waals surface area contributed by atoms with Gasteiger partial charge in [-0.25, -0.2) is 4.79 Å². The molecule has 0 fully saturated rings. The van der Waals surface area contributed by atoms with Crippen molar-refractivity contribution in [2.24, 2.45) is 4.99 Å². The third kappa shape index (κ3) is 6.61. The van der Waals surface area contributed by atoms with Gasteiger partial charge in [0.15, 0.2) is 11.5 Å². The van der Waals surface area contributed by atoms with Crippen LogP contribution < -0.4 is 20.1 Å². The second kappa shape index (κ2) is 12.2. The molecule has 2 aliphatic rings. The van der Waals surface area contributed by atoms with Crippen molar-refractivity contribution in [2.45, 2.75) is 84.9 Å². The number of benzene rings is 2. The molecule has 10 nitrogen and oxygen atoms in total. The third-order valence-corrected chi connectivity index (χ3v) is 7.88. The standard InChI is InChI=1S/C36H42N4O6/c1-9-44-27-18-22-19-34(3,4)39-29(28(22)24-20-35(5,6)46-30(24)27)21-14-15-23(31(41)40-36(7,8)33(43)45-10-2)26(17-21)38-32(42)25-13-11-12-16-37-25/h11-18H,9-10,19-20H2,1-8H3,(H,38,42)(H,40,41). The summed E-state index contributed by atoms with van der Waals surface area (Å²) in [4.78, 5) is 49.0. The van der Waals surface area contributed by atoms with Crippen LogP contribution in [0.25, 0.3) is 0 Å². The van der Waals surface area contributed by atoms with Gasteiger partial charge in [-0.05, 0) is 97.7 Å². The second-order valence-electron chi connectivity index (χ2n) is 13.4. The monoisotopic (exact) mass is 626 g/mol. The Bertz CT molecular complexity index is 1730. The molecule has 242 valence electrons. The minimum atomic E-state index is -1.31. The highest BCUT2D eigenvalue weighted by Crippen LogP contribution is 2.48. The second-order valence-corrected chi connectivity index (χ2v) is 13.4. The lowest BCUT2D eigenvalue weighted by atomic mass is 9.80. The average molecular weight is 627 g/mol. The van der Waals surface area contributed by atoms with Crippen LogP contribution in [0.3, 0.4) is 0 Å². The van der Waals surface area contributed by atoms with Crippen LogP contribution >= 0.6 is 0 Å². The lowest BCUT2D eigenvalue weighted by Crippen LogP contribution is -2.50. The number of amides is 2. The lowest BCUT2D eigenvalue weighted by Gasteiger charge is -2.31. The molecule has 46 heavy (non-hydrogen) atoms. The van der Waals surface area contributed by atoms with Gasteiger partial charge in [-0.3, -0.25) is 19.6 Å². The first kappa shape index (κ1) is 32.7. The number of nitrogens with zero attached hydrogens (tertiary/aromatic N) is 2. The Morgan fingerprint density at radius 1 is 0.978 bits per heavy atom. The van der Waals surface area contributed by atoms with Crippen LogP contribution in [0.4, 0.5) is 5.69 Å². The number of aromatic nitrogens is 1. The molecule has 2 aliphatic heterocycles. The third-order valence-electron chi connectivity index (χ3n) is 7.88. The molecule has 0 saturated carbocycles. The first-order chi connectivity index (χ1) is 21.6. The number of pyridine rings is 1. The van der Waals surface area contributed by atoms with Crippen molar-refractivity contribution in [1.29, 1.82) is 0 Å². The Hall–Kier alpha value is -4.73. The summed E-state index contributed by atoms with van der Waals surface area (Å²) in [5.74, 6) is -0.165. The summed E-state index contributed by atoms with van der Waals surface area (Å²) >= 11 is 0. The Labute approximate surface area is 270 Å². The van der Waals surface area contributed by atoms with Gasteiger partial charge in [0.1, 0.15) is 16.8 Å². The molecule has 0 aliphatic carbocycles. The number of aliphatic imine (C=N–C) groups is 1. The fourth-order valence-corrected chi connectivity index (χ4v) is 5.93. The molecule has 0 saturated heterocycles. The zero-order valence-electron chi connectivity index (χ0n) is 27.8. The van der Waals surface area contributed by atoms with E-state index in [1.165, 1.54) is 6.20 Å². The first-order valence-electron chi connectivity index (χ1n) is 15.6. The van der Waals surface area contributed by atoms with Crippen molar-refractivity contribution in [3.63, 3.8) is 0 Å². The van der Waals surface area contributed by atoms with Crippen LogP contribution in [0.15, 0.2) is 53.7 Å². The van der Waals surface area contributed by atoms with Crippen LogP contribution in [0.5, 0.6) is 11.5 Å². The highest BCUT2D eigenvalue weighted by Gasteiger charge is 2.40. The van der Waals surface area contributed by atoms with Crippen LogP contribution in [0.2, 0.25) is 0 Å². The van der Waals surface area contributed by atoms with E-state index in [0.717, 1.165) is 33.9 Å². The molecule has 0 bridgehead atoms. The van der Waals surface area contributed by atoms with Gasteiger partial charge in [0, 0.05) is 29.3 Å². The highest BCUT2D eigenvalue weighted by atomic mass is 16.5. The maximum atomic E-state index is 13.7. The largest absolute Gasteiger partial charge is 0.490 e. The molecule has 10 heteroatoms. The van der Waals surface area contributed by atoms with E-state index in [9.17, 15) is 14.4 Å². The van der Waals surface area contributed by atoms with Gasteiger partial charge < -0.3 is 24.8 Å². The molecule has 0 unspecified atom stereocenters. The Kier molecular flexibility index (Phi) is 8.68. The molecule has 0 radical (unpaired) electrons. The van der Waals surface area contributed by atoms with Gasteiger partial charge in [-0.2, -0.15) is 0 Å². The summed E-state index contributed by atoms with van der Waals surface area (Å²) in [5.41, 5.74) is 2.97. The smallest absolute Gasteiger partial charge is 0.331 e. The fourth-order valence-electron chi connectivity index (χ4n) is 5.93. The number of esters is 1. The van der Waals surface area contributed by atoms with Crippen molar-refractivity contribution in [1.82, 2.24) is 10.3 Å². The van der Waals surface area contributed by atoms with Crippen LogP contribution in [-0.2, 0) is 22.4 Å². The van der Waals surface area contributed by atoms with E-state index in [4.69, 9.17) is 19.2 Å². The zero-order chi connectivity index (χ0) is 33.4. The maximum absolute atomic E-state index is 13.7. The average Bonchev–Trinajstić information content (AvgIpc) is 3.31. The topological polar surface area (TPSA) is 128 Å². The highest BCUT2D eigenvalue weighted by molar-refractivity contribution is 6.18. The van der Waals surface area contributed by atoms with Crippen molar-refractivity contribution in [2.75, 3.05) is 18.5 Å². The molecule has 1 aromatic heterocycles. The number of nitrogens with one attached hydrogen (secondary N) is 2. The minimum Gasteiger partial charge on any atom is -0.490 e. The van der Waals surface area contributed by atoms with Gasteiger partial charge in [0.05, 0.1) is 35.7 Å². The minimum absolute atomic E-state index is 0.169. The van der Waals surface area contributed by atoms with Crippen LogP contribution in [0.1, 0.15) is 98.5 Å². The van der Waals surface area contributed by atoms with Crippen molar-refractivity contribution in [3.8, 4) is 11.5 Å². The number of hydrogen-bond donors (Lipinski definition) is 2. The Balaban J connectivity index is 1.64. The number of rotatable bonds is 9. The number of anilines is 1. The summed E-state index contributed by atoms with van der Waals surface area (Å²) in [5, 5.41) is 5.64. The molecule has 0 atom stereocenters. The van der Waals surface area contributed by atoms with E-state index in [1.54, 1.807) is 51.1 Å². The van der Waals surface area contributed by atoms with Gasteiger partial charge in [0.2, 0.25) is 0 Å². The molecule has 2 aromatic carbocycles. The number of hydrogen-bond acceptors (Lipinski definition) is 8. The van der Waals surface area contributed by atoms with Gasteiger partial charge in [-0.1, -0.05) is 12.1 Å². The summed E-state index contributed by atoms with van der Waals surface area (Å²) in [6, 6.07) is 12.3. The molecule has 0 spiro atoms. The fraction of sp³-hybridized carbons (Fsp3) is 0.417. The number of carbonyl (C=O) groups excluding carboxylic acids is 3. The predicted molar refractivity (Wildman–Crippen MR) is 176 cm³/mol. The van der Waals surface area contributed by atoms with E-state index >= 15 is 0 Å². The molecular formula is C36H42N4O6. The SMILES string of the molecule is CCOC(=O)C(C)(C)NC(=O)c1ccc(C2=NC(C)(C)Cc3cc(OCC)c4c(c32)CC(C)(C)O4)cc1NC(=O)c1ccccn1. The van der Waals surface area contributed by atoms with E-state index in [1.807, 2.05) is 13.0 Å². The summed E-state index contributed by atoms with van der Waals surface area (Å²) in [6.45, 7) is 15.7. The van der Waals surface area contributed by atoms with Crippen molar-refractivity contribution in [3.05, 3.63) is 82.2 Å². The molecule has 3 heterocycles. The Morgan fingerprint density at radius 2 is 1.74 bits per heavy atom. The van der Waals surface area contributed by atoms with Crippen LogP contribution in [0, 0.1) is 0 Å². The lowest BCUT2D eigenvalue weighted by molar-refractivity contribution is -0.149. The summed E-state index contributed by atoms with van der Waals surface area (Å²) in [6.07, 6.45) is 2.89. The van der Waals surface area contributed by atoms with E-state index < -0.39 is 34.5 Å². The zero-order valence-corrected chi connectivity index (χ0v) is 27.8. The normalized spacial score (nSPS) is 15.9. The maximum Gasteiger partial charge on any atom is 0.331 e. The van der Waals surface area contributed by atoms with Crippen LogP contribution in [-0.4, -0.2) is 58.4 Å². The summed E-state index contributed by atoms with van der Waals surface area (Å²) in [7, 11) is 0. The molecule has 2 amide bonds. The van der Waals surface area contributed by atoms with Gasteiger partial charge in [-0.15, -0.1) is 0 Å². The van der Waals surface area contributed by atoms with Gasteiger partial charge in [0.25, 0.3) is 11.8 Å². The predicted octanol–water partition coefficient (Wildman–Crippen LogP) is 5.69. The van der Waals surface area contributed by atoms with Crippen molar-refractivity contribution < 1.29 is 28.6 Å². The van der Waals surface area contributed by atoms with E-state index in [2.05, 4.69) is 49.4 Å². The summed E-state index contributed by atoms with van der Waals surface area (Å²) < 4.78 is 17.6. The van der Waals surface area contributed by atoms with Crippen molar-refractivity contribution >= 4 is 29.2 Å². The molecular weight excluding hydrogens is 584 g/mol. The van der Waals surface area contributed by atoms with E-state index in [-0.39, 0.29) is 23.6 Å².